The molecule has 1 heterocycles. The molecule has 106 valence electrons. The zero-order chi connectivity index (χ0) is 14.9. The lowest BCUT2D eigenvalue weighted by Crippen LogP contribution is -2.01. The van der Waals surface area contributed by atoms with Crippen molar-refractivity contribution in [2.24, 2.45) is 0 Å². The fourth-order valence-corrected chi connectivity index (χ4v) is 2.16. The smallest absolute Gasteiger partial charge is 0.339 e. The quantitative estimate of drug-likeness (QED) is 0.897. The number of carbonyl (C=O) groups is 1. The molecular weight excluding hydrogens is 256 g/mol. The molecule has 0 unspecified atom stereocenters. The second-order valence-electron chi connectivity index (χ2n) is 4.99. The summed E-state index contributed by atoms with van der Waals surface area (Å²) in [6.45, 7) is 5.86. The second-order valence-corrected chi connectivity index (χ2v) is 4.99. The number of rotatable bonds is 4. The Bertz CT molecular complexity index is 645. The van der Waals surface area contributed by atoms with Gasteiger partial charge in [-0.15, -0.1) is 0 Å². The third-order valence-corrected chi connectivity index (χ3v) is 3.31. The van der Waals surface area contributed by atoms with Crippen LogP contribution in [0.2, 0.25) is 0 Å². The summed E-state index contributed by atoms with van der Waals surface area (Å²) in [4.78, 5) is 11.4. The van der Waals surface area contributed by atoms with Crippen LogP contribution in [0, 0.1) is 6.92 Å². The minimum Gasteiger partial charge on any atom is -0.496 e. The average Bonchev–Trinajstić information content (AvgIpc) is 2.79. The number of H-pyrrole nitrogens is 1. The number of aryl methyl sites for hydroxylation is 1. The van der Waals surface area contributed by atoms with Gasteiger partial charge in [-0.1, -0.05) is 19.9 Å². The van der Waals surface area contributed by atoms with Gasteiger partial charge in [0.05, 0.1) is 7.11 Å². The van der Waals surface area contributed by atoms with Crippen molar-refractivity contribution in [2.75, 3.05) is 7.11 Å². The van der Waals surface area contributed by atoms with Crippen LogP contribution < -0.4 is 4.74 Å². The van der Waals surface area contributed by atoms with Crippen molar-refractivity contribution in [1.82, 2.24) is 10.2 Å². The van der Waals surface area contributed by atoms with Crippen molar-refractivity contribution < 1.29 is 14.6 Å². The number of carboxylic acid groups (broad SMARTS) is 1. The molecule has 0 aliphatic heterocycles. The van der Waals surface area contributed by atoms with E-state index in [0.717, 1.165) is 5.56 Å². The minimum absolute atomic E-state index is 0.184. The molecule has 0 amide bonds. The monoisotopic (exact) mass is 274 g/mol. The van der Waals surface area contributed by atoms with Crippen LogP contribution in [0.4, 0.5) is 0 Å². The molecule has 20 heavy (non-hydrogen) atoms. The Morgan fingerprint density at radius 1 is 1.40 bits per heavy atom. The summed E-state index contributed by atoms with van der Waals surface area (Å²) in [5, 5.41) is 16.2. The van der Waals surface area contributed by atoms with E-state index in [-0.39, 0.29) is 5.56 Å². The first-order valence-electron chi connectivity index (χ1n) is 6.42. The molecule has 0 spiro atoms. The van der Waals surface area contributed by atoms with E-state index in [4.69, 9.17) is 4.74 Å². The van der Waals surface area contributed by atoms with Gasteiger partial charge in [-0.05, 0) is 30.5 Å². The number of nitrogens with zero attached hydrogens (tertiary/aromatic N) is 1. The van der Waals surface area contributed by atoms with E-state index in [0.29, 0.717) is 28.6 Å². The fraction of sp³-hybridized carbons (Fsp3) is 0.333. The molecule has 0 fully saturated rings. The van der Waals surface area contributed by atoms with Crippen LogP contribution in [0.3, 0.4) is 0 Å². The lowest BCUT2D eigenvalue weighted by Gasteiger charge is -2.12. The summed E-state index contributed by atoms with van der Waals surface area (Å²) < 4.78 is 5.33. The van der Waals surface area contributed by atoms with Crippen LogP contribution in [-0.4, -0.2) is 28.4 Å². The first-order valence-corrected chi connectivity index (χ1v) is 6.42. The molecule has 2 rings (SSSR count). The van der Waals surface area contributed by atoms with Crippen molar-refractivity contribution in [3.8, 4) is 17.0 Å². The van der Waals surface area contributed by atoms with Crippen LogP contribution in [0.25, 0.3) is 11.3 Å². The predicted molar refractivity (Wildman–Crippen MR) is 76.4 cm³/mol. The van der Waals surface area contributed by atoms with E-state index in [9.17, 15) is 9.90 Å². The van der Waals surface area contributed by atoms with E-state index in [1.807, 2.05) is 18.2 Å². The molecule has 5 nitrogen and oxygen atoms in total. The molecular formula is C15H18N2O3. The zero-order valence-electron chi connectivity index (χ0n) is 12.0. The topological polar surface area (TPSA) is 75.2 Å². The SMILES string of the molecule is COc1ccc(C(C)C)cc1-c1n[nH]c(C)c1C(=O)O. The second kappa shape index (κ2) is 5.36. The Morgan fingerprint density at radius 3 is 2.65 bits per heavy atom. The first-order chi connectivity index (χ1) is 9.45. The van der Waals surface area contributed by atoms with Crippen molar-refractivity contribution >= 4 is 5.97 Å². The summed E-state index contributed by atoms with van der Waals surface area (Å²) in [7, 11) is 1.56. The number of benzene rings is 1. The van der Waals surface area contributed by atoms with Crippen molar-refractivity contribution in [2.45, 2.75) is 26.7 Å². The Kier molecular flexibility index (Phi) is 3.79. The maximum atomic E-state index is 11.4. The molecule has 5 heteroatoms. The number of nitrogens with one attached hydrogen (secondary N) is 1. The Hall–Kier alpha value is -2.30. The minimum atomic E-state index is -0.997. The molecule has 0 aliphatic rings. The summed E-state index contributed by atoms with van der Waals surface area (Å²) >= 11 is 0. The Labute approximate surface area is 117 Å². The number of hydrogen-bond donors (Lipinski definition) is 2. The highest BCUT2D eigenvalue weighted by molar-refractivity contribution is 5.96. The van der Waals surface area contributed by atoms with Crippen molar-refractivity contribution in [1.29, 1.82) is 0 Å². The molecule has 1 aromatic heterocycles. The van der Waals surface area contributed by atoms with Crippen molar-refractivity contribution in [3.63, 3.8) is 0 Å². The van der Waals surface area contributed by atoms with Gasteiger partial charge in [-0.2, -0.15) is 5.10 Å². The number of aromatic nitrogens is 2. The number of methoxy groups -OCH3 is 1. The first kappa shape index (κ1) is 14.1. The van der Waals surface area contributed by atoms with E-state index in [1.54, 1.807) is 14.0 Å². The summed E-state index contributed by atoms with van der Waals surface area (Å²) in [5.74, 6) is -0.0420. The average molecular weight is 274 g/mol. The van der Waals surface area contributed by atoms with Crippen LogP contribution in [-0.2, 0) is 0 Å². The molecule has 0 radical (unpaired) electrons. The van der Waals surface area contributed by atoms with Crippen LogP contribution >= 0.6 is 0 Å². The number of ether oxygens (including phenoxy) is 1. The normalized spacial score (nSPS) is 10.8. The highest BCUT2D eigenvalue weighted by atomic mass is 16.5. The fourth-order valence-electron chi connectivity index (χ4n) is 2.16. The number of aromatic carboxylic acids is 1. The van der Waals surface area contributed by atoms with Gasteiger partial charge in [0.15, 0.2) is 0 Å². The highest BCUT2D eigenvalue weighted by Gasteiger charge is 2.21. The van der Waals surface area contributed by atoms with E-state index in [1.165, 1.54) is 0 Å². The lowest BCUT2D eigenvalue weighted by molar-refractivity contribution is 0.0697. The largest absolute Gasteiger partial charge is 0.496 e. The third-order valence-electron chi connectivity index (χ3n) is 3.31. The van der Waals surface area contributed by atoms with Gasteiger partial charge in [0.1, 0.15) is 17.0 Å². The number of hydrogen-bond acceptors (Lipinski definition) is 3. The Morgan fingerprint density at radius 2 is 2.10 bits per heavy atom. The lowest BCUT2D eigenvalue weighted by atomic mass is 9.97. The third kappa shape index (κ3) is 2.39. The van der Waals surface area contributed by atoms with E-state index >= 15 is 0 Å². The van der Waals surface area contributed by atoms with Gasteiger partial charge in [-0.25, -0.2) is 4.79 Å². The van der Waals surface area contributed by atoms with Gasteiger partial charge >= 0.3 is 5.97 Å². The maximum absolute atomic E-state index is 11.4. The molecule has 0 saturated heterocycles. The van der Waals surface area contributed by atoms with Gasteiger partial charge < -0.3 is 9.84 Å². The standard InChI is InChI=1S/C15H18N2O3/c1-8(2)10-5-6-12(20-4)11(7-10)14-13(15(18)19)9(3)16-17-14/h5-8H,1-4H3,(H,16,17)(H,18,19). The van der Waals surface area contributed by atoms with Gasteiger partial charge in [0.2, 0.25) is 0 Å². The molecule has 0 atom stereocenters. The molecule has 1 aromatic carbocycles. The van der Waals surface area contributed by atoms with Crippen molar-refractivity contribution in [3.05, 3.63) is 35.0 Å². The summed E-state index contributed by atoms with van der Waals surface area (Å²) in [5.41, 5.74) is 2.93. The zero-order valence-corrected chi connectivity index (χ0v) is 12.0. The molecule has 0 aliphatic carbocycles. The summed E-state index contributed by atoms with van der Waals surface area (Å²) in [6, 6.07) is 5.76. The van der Waals surface area contributed by atoms with Crippen LogP contribution in [0.1, 0.15) is 41.4 Å². The Balaban J connectivity index is 2.67. The van der Waals surface area contributed by atoms with Crippen LogP contribution in [0.5, 0.6) is 5.75 Å². The molecule has 0 bridgehead atoms. The maximum Gasteiger partial charge on any atom is 0.339 e. The van der Waals surface area contributed by atoms with E-state index in [2.05, 4.69) is 24.0 Å². The van der Waals surface area contributed by atoms with Crippen LogP contribution in [0.15, 0.2) is 18.2 Å². The van der Waals surface area contributed by atoms with Gasteiger partial charge in [0, 0.05) is 11.3 Å². The number of aromatic amines is 1. The van der Waals surface area contributed by atoms with Gasteiger partial charge in [0.25, 0.3) is 0 Å². The predicted octanol–water partition coefficient (Wildman–Crippen LogP) is 3.22. The van der Waals surface area contributed by atoms with Gasteiger partial charge in [-0.3, -0.25) is 5.10 Å². The highest BCUT2D eigenvalue weighted by Crippen LogP contribution is 2.34. The van der Waals surface area contributed by atoms with E-state index < -0.39 is 5.97 Å². The number of carboxylic acids is 1. The summed E-state index contributed by atoms with van der Waals surface area (Å²) in [6.07, 6.45) is 0. The molecule has 2 N–H and O–H groups in total. The molecule has 2 aromatic rings. The molecule has 0 saturated carbocycles.